The Labute approximate surface area is 134 Å². The maximum atomic E-state index is 11.9. The molecular formula is C17H18N2O4. The summed E-state index contributed by atoms with van der Waals surface area (Å²) in [5, 5.41) is 2.47. The largest absolute Gasteiger partial charge is 0.488 e. The van der Waals surface area contributed by atoms with Gasteiger partial charge in [-0.3, -0.25) is 0 Å². The summed E-state index contributed by atoms with van der Waals surface area (Å²) in [5.41, 5.74) is 7.05. The van der Waals surface area contributed by atoms with Gasteiger partial charge in [-0.15, -0.1) is 0 Å². The second-order valence-electron chi connectivity index (χ2n) is 4.81. The molecule has 2 rings (SSSR count). The average Bonchev–Trinajstić information content (AvgIpc) is 2.58. The fourth-order valence-electron chi connectivity index (χ4n) is 2.01. The normalized spacial score (nSPS) is 9.96. The highest BCUT2D eigenvalue weighted by Crippen LogP contribution is 2.22. The van der Waals surface area contributed by atoms with Crippen molar-refractivity contribution in [3.8, 4) is 5.75 Å². The molecule has 0 atom stereocenters. The number of nitrogens with one attached hydrogen (secondary N) is 1. The summed E-state index contributed by atoms with van der Waals surface area (Å²) < 4.78 is 10.5. The van der Waals surface area contributed by atoms with Crippen molar-refractivity contribution in [1.82, 2.24) is 5.32 Å². The highest BCUT2D eigenvalue weighted by molar-refractivity contribution is 5.92. The molecule has 2 aromatic carbocycles. The molecule has 23 heavy (non-hydrogen) atoms. The van der Waals surface area contributed by atoms with Gasteiger partial charge >= 0.3 is 12.0 Å². The third-order valence-electron chi connectivity index (χ3n) is 3.15. The van der Waals surface area contributed by atoms with Gasteiger partial charge in [-0.25, -0.2) is 9.59 Å². The van der Waals surface area contributed by atoms with Crippen molar-refractivity contribution in [2.45, 2.75) is 13.2 Å². The predicted octanol–water partition coefficient (Wildman–Crippen LogP) is 2.22. The molecule has 0 saturated heterocycles. The number of esters is 1. The Balaban J connectivity index is 2.17. The van der Waals surface area contributed by atoms with Crippen LogP contribution >= 0.6 is 0 Å². The SMILES string of the molecule is COC(=O)c1cc(CNC(N)=O)ccc1OCc1ccccc1. The third-order valence-corrected chi connectivity index (χ3v) is 3.15. The Morgan fingerprint density at radius 2 is 1.83 bits per heavy atom. The van der Waals surface area contributed by atoms with Crippen molar-refractivity contribution >= 4 is 12.0 Å². The molecule has 0 aromatic heterocycles. The van der Waals surface area contributed by atoms with E-state index < -0.39 is 12.0 Å². The van der Waals surface area contributed by atoms with Crippen LogP contribution in [0.5, 0.6) is 5.75 Å². The number of hydrogen-bond donors (Lipinski definition) is 2. The van der Waals surface area contributed by atoms with E-state index in [1.807, 2.05) is 30.3 Å². The van der Waals surface area contributed by atoms with E-state index >= 15 is 0 Å². The van der Waals surface area contributed by atoms with E-state index in [4.69, 9.17) is 15.2 Å². The molecule has 0 unspecified atom stereocenters. The average molecular weight is 314 g/mol. The lowest BCUT2D eigenvalue weighted by molar-refractivity contribution is 0.0595. The quantitative estimate of drug-likeness (QED) is 0.800. The van der Waals surface area contributed by atoms with Gasteiger partial charge in [-0.1, -0.05) is 36.4 Å². The van der Waals surface area contributed by atoms with Crippen LogP contribution in [0.15, 0.2) is 48.5 Å². The zero-order chi connectivity index (χ0) is 16.7. The van der Waals surface area contributed by atoms with Crippen LogP contribution in [0, 0.1) is 0 Å². The van der Waals surface area contributed by atoms with Crippen molar-refractivity contribution in [2.75, 3.05) is 7.11 Å². The zero-order valence-corrected chi connectivity index (χ0v) is 12.7. The number of methoxy groups -OCH3 is 1. The Morgan fingerprint density at radius 1 is 1.09 bits per heavy atom. The molecule has 0 saturated carbocycles. The van der Waals surface area contributed by atoms with Crippen LogP contribution in [-0.2, 0) is 17.9 Å². The Bertz CT molecular complexity index is 686. The van der Waals surface area contributed by atoms with E-state index in [1.165, 1.54) is 7.11 Å². The van der Waals surface area contributed by atoms with Gasteiger partial charge in [0, 0.05) is 6.54 Å². The van der Waals surface area contributed by atoms with Crippen LogP contribution in [0.25, 0.3) is 0 Å². The highest BCUT2D eigenvalue weighted by Gasteiger charge is 2.14. The molecule has 0 heterocycles. The minimum absolute atomic E-state index is 0.221. The van der Waals surface area contributed by atoms with E-state index in [1.54, 1.807) is 18.2 Å². The molecule has 2 aromatic rings. The number of benzene rings is 2. The highest BCUT2D eigenvalue weighted by atomic mass is 16.5. The standard InChI is InChI=1S/C17H18N2O4/c1-22-16(20)14-9-13(10-19-17(18)21)7-8-15(14)23-11-12-5-3-2-4-6-12/h2-9H,10-11H2,1H3,(H3,18,19,21). The van der Waals surface area contributed by atoms with Crippen LogP contribution in [0.1, 0.15) is 21.5 Å². The monoisotopic (exact) mass is 314 g/mol. The number of nitrogens with two attached hydrogens (primary N) is 1. The van der Waals surface area contributed by atoms with Crippen molar-refractivity contribution in [3.05, 3.63) is 65.2 Å². The third kappa shape index (κ3) is 4.74. The number of carbonyl (C=O) groups excluding carboxylic acids is 2. The van der Waals surface area contributed by atoms with E-state index in [0.717, 1.165) is 11.1 Å². The van der Waals surface area contributed by atoms with Gasteiger partial charge in [0.1, 0.15) is 17.9 Å². The van der Waals surface area contributed by atoms with Gasteiger partial charge in [0.15, 0.2) is 0 Å². The lowest BCUT2D eigenvalue weighted by atomic mass is 10.1. The molecule has 0 aliphatic carbocycles. The van der Waals surface area contributed by atoms with E-state index in [2.05, 4.69) is 5.32 Å². The molecule has 0 radical (unpaired) electrons. The summed E-state index contributed by atoms with van der Waals surface area (Å²) in [5.74, 6) is -0.0856. The smallest absolute Gasteiger partial charge is 0.341 e. The van der Waals surface area contributed by atoms with Gasteiger partial charge in [0.25, 0.3) is 0 Å². The Hall–Kier alpha value is -3.02. The molecule has 6 heteroatoms. The topological polar surface area (TPSA) is 90.6 Å². The molecule has 0 aliphatic heterocycles. The number of rotatable bonds is 6. The zero-order valence-electron chi connectivity index (χ0n) is 12.7. The van der Waals surface area contributed by atoms with Crippen molar-refractivity contribution in [1.29, 1.82) is 0 Å². The lowest BCUT2D eigenvalue weighted by Crippen LogP contribution is -2.28. The molecule has 2 amide bonds. The maximum absolute atomic E-state index is 11.9. The molecule has 6 nitrogen and oxygen atoms in total. The van der Waals surface area contributed by atoms with Crippen LogP contribution in [-0.4, -0.2) is 19.1 Å². The first-order chi connectivity index (χ1) is 11.1. The van der Waals surface area contributed by atoms with Gasteiger partial charge in [-0.05, 0) is 23.3 Å². The molecule has 0 spiro atoms. The number of urea groups is 1. The summed E-state index contributed by atoms with van der Waals surface area (Å²) in [4.78, 5) is 22.7. The van der Waals surface area contributed by atoms with E-state index in [0.29, 0.717) is 17.9 Å². The van der Waals surface area contributed by atoms with Crippen molar-refractivity contribution in [3.63, 3.8) is 0 Å². The minimum Gasteiger partial charge on any atom is -0.488 e. The lowest BCUT2D eigenvalue weighted by Gasteiger charge is -2.12. The number of ether oxygens (including phenoxy) is 2. The molecule has 0 aliphatic rings. The molecule has 3 N–H and O–H groups in total. The summed E-state index contributed by atoms with van der Waals surface area (Å²) in [6.07, 6.45) is 0. The van der Waals surface area contributed by atoms with Crippen molar-refractivity contribution < 1.29 is 19.1 Å². The summed E-state index contributed by atoms with van der Waals surface area (Å²) >= 11 is 0. The number of hydrogen-bond acceptors (Lipinski definition) is 4. The fourth-order valence-corrected chi connectivity index (χ4v) is 2.01. The van der Waals surface area contributed by atoms with Gasteiger partial charge in [-0.2, -0.15) is 0 Å². The van der Waals surface area contributed by atoms with Gasteiger partial charge in [0.2, 0.25) is 0 Å². The molecule has 0 bridgehead atoms. The first-order valence-corrected chi connectivity index (χ1v) is 7.01. The second kappa shape index (κ2) is 7.84. The number of primary amides is 1. The summed E-state index contributed by atoms with van der Waals surface area (Å²) in [7, 11) is 1.30. The molecule has 0 fully saturated rings. The van der Waals surface area contributed by atoms with Gasteiger partial charge < -0.3 is 20.5 Å². The van der Waals surface area contributed by atoms with Crippen LogP contribution in [0.2, 0.25) is 0 Å². The minimum atomic E-state index is -0.631. The Morgan fingerprint density at radius 3 is 2.48 bits per heavy atom. The van der Waals surface area contributed by atoms with Crippen LogP contribution in [0.4, 0.5) is 4.79 Å². The fraction of sp³-hybridized carbons (Fsp3) is 0.176. The second-order valence-corrected chi connectivity index (χ2v) is 4.81. The summed E-state index contributed by atoms with van der Waals surface area (Å²) in [6, 6.07) is 14.0. The van der Waals surface area contributed by atoms with Gasteiger partial charge in [0.05, 0.1) is 7.11 Å². The van der Waals surface area contributed by atoms with E-state index in [-0.39, 0.29) is 6.54 Å². The van der Waals surface area contributed by atoms with Crippen LogP contribution < -0.4 is 15.8 Å². The number of amides is 2. The van der Waals surface area contributed by atoms with E-state index in [9.17, 15) is 9.59 Å². The van der Waals surface area contributed by atoms with Crippen molar-refractivity contribution in [2.24, 2.45) is 5.73 Å². The Kier molecular flexibility index (Phi) is 5.57. The predicted molar refractivity (Wildman–Crippen MR) is 85.0 cm³/mol. The van der Waals surface area contributed by atoms with Crippen LogP contribution in [0.3, 0.4) is 0 Å². The molecular weight excluding hydrogens is 296 g/mol. The molecule has 120 valence electrons. The first-order valence-electron chi connectivity index (χ1n) is 7.01. The maximum Gasteiger partial charge on any atom is 0.341 e. The number of carbonyl (C=O) groups is 2. The summed E-state index contributed by atoms with van der Waals surface area (Å²) in [6.45, 7) is 0.558. The first kappa shape index (κ1) is 16.4.